The zero-order chi connectivity index (χ0) is 19.3. The summed E-state index contributed by atoms with van der Waals surface area (Å²) in [7, 11) is 0. The minimum Gasteiger partial charge on any atom is -0.351 e. The number of amides is 1. The second-order valence-electron chi connectivity index (χ2n) is 7.91. The number of nitrogens with one attached hydrogen (secondary N) is 1. The number of likely N-dealkylation sites (tertiary alicyclic amines) is 1. The van der Waals surface area contributed by atoms with Crippen LogP contribution >= 0.6 is 11.3 Å². The number of hydrogen-bond donors (Lipinski definition) is 1. The molecule has 1 N–H and O–H groups in total. The molecular formula is C23H29N3OS. The van der Waals surface area contributed by atoms with Crippen LogP contribution in [-0.4, -0.2) is 41.6 Å². The van der Waals surface area contributed by atoms with E-state index in [2.05, 4.69) is 45.3 Å². The Morgan fingerprint density at radius 2 is 1.96 bits per heavy atom. The molecule has 0 radical (unpaired) electrons. The maximum atomic E-state index is 12.9. The molecule has 0 spiro atoms. The van der Waals surface area contributed by atoms with Gasteiger partial charge in [-0.2, -0.15) is 0 Å². The van der Waals surface area contributed by atoms with Crippen molar-refractivity contribution in [1.29, 1.82) is 0 Å². The second kappa shape index (κ2) is 8.93. The lowest BCUT2D eigenvalue weighted by atomic mass is 9.99. The Morgan fingerprint density at radius 1 is 1.18 bits per heavy atom. The predicted octanol–water partition coefficient (Wildman–Crippen LogP) is 4.60. The Kier molecular flexibility index (Phi) is 6.13. The van der Waals surface area contributed by atoms with Crippen LogP contribution in [0.25, 0.3) is 10.2 Å². The molecule has 1 amide bonds. The maximum Gasteiger partial charge on any atom is 0.267 e. The summed E-state index contributed by atoms with van der Waals surface area (Å²) in [6.07, 6.45) is 3.61. The normalized spacial score (nSPS) is 15.9. The SMILES string of the molecule is CC1CCN(CCCNC(=O)c2cc3sccc3n2Cc2ccccc2)CC1. The highest BCUT2D eigenvalue weighted by molar-refractivity contribution is 7.17. The Balaban J connectivity index is 1.37. The molecule has 1 aliphatic heterocycles. The van der Waals surface area contributed by atoms with Crippen LogP contribution in [0.5, 0.6) is 0 Å². The zero-order valence-electron chi connectivity index (χ0n) is 16.6. The van der Waals surface area contributed by atoms with Crippen LogP contribution in [0.1, 0.15) is 42.2 Å². The van der Waals surface area contributed by atoms with Crippen molar-refractivity contribution in [3.05, 3.63) is 59.1 Å². The fraction of sp³-hybridized carbons (Fsp3) is 0.435. The number of thiophene rings is 1. The predicted molar refractivity (Wildman–Crippen MR) is 117 cm³/mol. The molecule has 3 heterocycles. The van der Waals surface area contributed by atoms with Gasteiger partial charge in [-0.25, -0.2) is 0 Å². The first-order valence-corrected chi connectivity index (χ1v) is 11.2. The summed E-state index contributed by atoms with van der Waals surface area (Å²) in [5.74, 6) is 0.897. The molecule has 2 aromatic heterocycles. The van der Waals surface area contributed by atoms with Gasteiger partial charge in [0, 0.05) is 13.1 Å². The molecule has 5 heteroatoms. The Bertz CT molecular complexity index is 906. The van der Waals surface area contributed by atoms with E-state index in [-0.39, 0.29) is 5.91 Å². The summed E-state index contributed by atoms with van der Waals surface area (Å²) in [5, 5.41) is 5.23. The number of nitrogens with zero attached hydrogens (tertiary/aromatic N) is 2. The van der Waals surface area contributed by atoms with Gasteiger partial charge in [0.1, 0.15) is 5.69 Å². The van der Waals surface area contributed by atoms with Crippen LogP contribution < -0.4 is 5.32 Å². The summed E-state index contributed by atoms with van der Waals surface area (Å²) in [5.41, 5.74) is 3.11. The molecule has 0 atom stereocenters. The second-order valence-corrected chi connectivity index (χ2v) is 8.85. The monoisotopic (exact) mass is 395 g/mol. The van der Waals surface area contributed by atoms with Gasteiger partial charge in [0.05, 0.1) is 10.2 Å². The molecule has 0 aliphatic carbocycles. The van der Waals surface area contributed by atoms with Crippen molar-refractivity contribution in [2.24, 2.45) is 5.92 Å². The van der Waals surface area contributed by atoms with Crippen molar-refractivity contribution in [1.82, 2.24) is 14.8 Å². The zero-order valence-corrected chi connectivity index (χ0v) is 17.4. The maximum absolute atomic E-state index is 12.9. The van der Waals surface area contributed by atoms with Crippen LogP contribution in [0.2, 0.25) is 0 Å². The van der Waals surface area contributed by atoms with E-state index in [1.54, 1.807) is 11.3 Å². The number of aromatic nitrogens is 1. The molecule has 148 valence electrons. The van der Waals surface area contributed by atoms with Gasteiger partial charge < -0.3 is 14.8 Å². The van der Waals surface area contributed by atoms with Crippen molar-refractivity contribution < 1.29 is 4.79 Å². The minimum atomic E-state index is 0.0339. The third-order valence-electron chi connectivity index (χ3n) is 5.75. The smallest absolute Gasteiger partial charge is 0.267 e. The first-order chi connectivity index (χ1) is 13.7. The number of carbonyl (C=O) groups excluding carboxylic acids is 1. The highest BCUT2D eigenvalue weighted by Gasteiger charge is 2.17. The van der Waals surface area contributed by atoms with Crippen LogP contribution in [0.3, 0.4) is 0 Å². The van der Waals surface area contributed by atoms with Crippen molar-refractivity contribution in [2.45, 2.75) is 32.7 Å². The minimum absolute atomic E-state index is 0.0339. The van der Waals surface area contributed by atoms with Gasteiger partial charge in [-0.15, -0.1) is 11.3 Å². The summed E-state index contributed by atoms with van der Waals surface area (Å²) in [6.45, 7) is 7.27. The largest absolute Gasteiger partial charge is 0.351 e. The molecule has 0 saturated carbocycles. The highest BCUT2D eigenvalue weighted by atomic mass is 32.1. The topological polar surface area (TPSA) is 37.3 Å². The van der Waals surface area contributed by atoms with Gasteiger partial charge in [-0.1, -0.05) is 37.3 Å². The van der Waals surface area contributed by atoms with Crippen molar-refractivity contribution in [3.8, 4) is 0 Å². The lowest BCUT2D eigenvalue weighted by Crippen LogP contribution is -2.35. The average molecular weight is 396 g/mol. The lowest BCUT2D eigenvalue weighted by molar-refractivity contribution is 0.0942. The van der Waals surface area contributed by atoms with E-state index in [4.69, 9.17) is 0 Å². The number of rotatable bonds is 7. The molecule has 28 heavy (non-hydrogen) atoms. The van der Waals surface area contributed by atoms with Gasteiger partial charge in [0.15, 0.2) is 0 Å². The van der Waals surface area contributed by atoms with Gasteiger partial charge in [0.2, 0.25) is 0 Å². The molecule has 1 fully saturated rings. The Labute approximate surface area is 171 Å². The number of fused-ring (bicyclic) bond motifs is 1. The van der Waals surface area contributed by atoms with E-state index in [1.807, 2.05) is 24.3 Å². The van der Waals surface area contributed by atoms with Crippen LogP contribution in [0.15, 0.2) is 47.8 Å². The summed E-state index contributed by atoms with van der Waals surface area (Å²) in [4.78, 5) is 15.4. The fourth-order valence-corrected chi connectivity index (χ4v) is 4.80. The van der Waals surface area contributed by atoms with Crippen LogP contribution in [0.4, 0.5) is 0 Å². The fourth-order valence-electron chi connectivity index (χ4n) is 3.98. The first-order valence-electron chi connectivity index (χ1n) is 10.3. The Hall–Kier alpha value is -2.11. The van der Waals surface area contributed by atoms with Crippen molar-refractivity contribution in [2.75, 3.05) is 26.2 Å². The van der Waals surface area contributed by atoms with E-state index in [0.717, 1.165) is 43.2 Å². The third kappa shape index (κ3) is 4.47. The molecule has 3 aromatic rings. The Morgan fingerprint density at radius 3 is 2.75 bits per heavy atom. The van der Waals surface area contributed by atoms with Gasteiger partial charge in [-0.05, 0) is 67.9 Å². The molecule has 1 aliphatic rings. The first kappa shape index (κ1) is 19.2. The summed E-state index contributed by atoms with van der Waals surface area (Å²) >= 11 is 1.69. The van der Waals surface area contributed by atoms with E-state index in [1.165, 1.54) is 36.2 Å². The van der Waals surface area contributed by atoms with Gasteiger partial charge >= 0.3 is 0 Å². The van der Waals surface area contributed by atoms with Crippen molar-refractivity contribution >= 4 is 27.5 Å². The molecule has 4 rings (SSSR count). The van der Waals surface area contributed by atoms with Gasteiger partial charge in [-0.3, -0.25) is 4.79 Å². The number of carbonyl (C=O) groups is 1. The van der Waals surface area contributed by atoms with E-state index in [9.17, 15) is 4.79 Å². The van der Waals surface area contributed by atoms with E-state index in [0.29, 0.717) is 0 Å². The molecule has 1 aromatic carbocycles. The quantitative estimate of drug-likeness (QED) is 0.594. The molecule has 0 unspecified atom stereocenters. The molecule has 4 nitrogen and oxygen atoms in total. The summed E-state index contributed by atoms with van der Waals surface area (Å²) < 4.78 is 3.31. The standard InChI is InChI=1S/C23H29N3OS/c1-18-8-13-25(14-9-18)12-5-11-24-23(27)21-16-22-20(10-15-28-22)26(21)17-19-6-3-2-4-7-19/h2-4,6-7,10,15-16,18H,5,8-9,11-14,17H2,1H3,(H,24,27). The third-order valence-corrected chi connectivity index (χ3v) is 6.60. The molecule has 0 bridgehead atoms. The van der Waals surface area contributed by atoms with Crippen LogP contribution in [0, 0.1) is 5.92 Å². The summed E-state index contributed by atoms with van der Waals surface area (Å²) in [6, 6.07) is 14.5. The molecular weight excluding hydrogens is 366 g/mol. The average Bonchev–Trinajstić information content (AvgIpc) is 3.30. The van der Waals surface area contributed by atoms with E-state index >= 15 is 0 Å². The highest BCUT2D eigenvalue weighted by Crippen LogP contribution is 2.26. The molecule has 1 saturated heterocycles. The lowest BCUT2D eigenvalue weighted by Gasteiger charge is -2.30. The number of hydrogen-bond acceptors (Lipinski definition) is 3. The number of piperidine rings is 1. The van der Waals surface area contributed by atoms with Crippen LogP contribution in [-0.2, 0) is 6.54 Å². The van der Waals surface area contributed by atoms with Crippen molar-refractivity contribution in [3.63, 3.8) is 0 Å². The number of benzene rings is 1. The van der Waals surface area contributed by atoms with Gasteiger partial charge in [0.25, 0.3) is 5.91 Å². The van der Waals surface area contributed by atoms with E-state index < -0.39 is 0 Å².